The number of aromatic nitrogens is 3. The highest BCUT2D eigenvalue weighted by Gasteiger charge is 2.21. The zero-order valence-electron chi connectivity index (χ0n) is 11.5. The van der Waals surface area contributed by atoms with Crippen LogP contribution in [-0.2, 0) is 23.1 Å². The van der Waals surface area contributed by atoms with Gasteiger partial charge in [0.2, 0.25) is 5.89 Å². The summed E-state index contributed by atoms with van der Waals surface area (Å²) in [6, 6.07) is 0. The fraction of sp³-hybridized carbons (Fsp3) is 0.455. The van der Waals surface area contributed by atoms with Gasteiger partial charge in [-0.2, -0.15) is 5.10 Å². The number of hydrogen-bond acceptors (Lipinski definition) is 6. The molecule has 9 heteroatoms. The third kappa shape index (κ3) is 3.06. The van der Waals surface area contributed by atoms with Crippen molar-refractivity contribution in [3.63, 3.8) is 0 Å². The van der Waals surface area contributed by atoms with Gasteiger partial charge in [-0.1, -0.05) is 0 Å². The second kappa shape index (κ2) is 5.73. The van der Waals surface area contributed by atoms with Crippen LogP contribution >= 0.6 is 0 Å². The van der Waals surface area contributed by atoms with Crippen LogP contribution in [0, 0.1) is 13.8 Å². The van der Waals surface area contributed by atoms with E-state index >= 15 is 0 Å². The Labute approximate surface area is 117 Å². The topological polar surface area (TPSA) is 113 Å². The van der Waals surface area contributed by atoms with Gasteiger partial charge in [0.1, 0.15) is 5.76 Å². The Balaban J connectivity index is 2.13. The molecule has 0 aliphatic heterocycles. The first kappa shape index (κ1) is 14.7. The predicted molar refractivity (Wildman–Crippen MR) is 71.4 cm³/mol. The van der Waals surface area contributed by atoms with Crippen molar-refractivity contribution in [1.82, 2.24) is 25.2 Å². The molecule has 110 valence electrons. The molecule has 8 nitrogen and oxygen atoms in total. The van der Waals surface area contributed by atoms with Crippen LogP contribution in [0.1, 0.15) is 22.9 Å². The molecule has 3 N–H and O–H groups in total. The lowest BCUT2D eigenvalue weighted by atomic mass is 10.4. The van der Waals surface area contributed by atoms with Crippen LogP contribution in [-0.4, -0.2) is 30.6 Å². The Bertz CT molecular complexity index is 669. The minimum atomic E-state index is -3.68. The number of aryl methyl sites for hydroxylation is 2. The van der Waals surface area contributed by atoms with Crippen LogP contribution in [0.15, 0.2) is 15.6 Å². The summed E-state index contributed by atoms with van der Waals surface area (Å²) in [6.07, 6.45) is 1.48. The van der Waals surface area contributed by atoms with Gasteiger partial charge >= 0.3 is 0 Å². The Morgan fingerprint density at radius 3 is 2.70 bits per heavy atom. The van der Waals surface area contributed by atoms with E-state index in [1.165, 1.54) is 6.20 Å². The van der Waals surface area contributed by atoms with E-state index < -0.39 is 10.0 Å². The molecule has 0 radical (unpaired) electrons. The van der Waals surface area contributed by atoms with Crippen LogP contribution in [0.25, 0.3) is 0 Å². The zero-order valence-corrected chi connectivity index (χ0v) is 12.3. The van der Waals surface area contributed by atoms with Crippen LogP contribution in [0.2, 0.25) is 0 Å². The quantitative estimate of drug-likeness (QED) is 0.703. The Morgan fingerprint density at radius 1 is 1.35 bits per heavy atom. The number of nitrogens with one attached hydrogen (secondary N) is 3. The van der Waals surface area contributed by atoms with E-state index in [-0.39, 0.29) is 11.6 Å². The van der Waals surface area contributed by atoms with Crippen molar-refractivity contribution in [3.05, 3.63) is 29.1 Å². The van der Waals surface area contributed by atoms with Crippen molar-refractivity contribution in [2.75, 3.05) is 7.05 Å². The van der Waals surface area contributed by atoms with Crippen LogP contribution in [0.5, 0.6) is 0 Å². The standard InChI is InChI=1S/C11H17N5O3S/c1-7-8(2)19-10(15-7)6-14-20(17,18)11-9(4-12-3)5-13-16-11/h5,12,14H,4,6H2,1-3H3,(H,13,16). The molecule has 2 aromatic heterocycles. The summed E-state index contributed by atoms with van der Waals surface area (Å²) in [4.78, 5) is 4.12. The van der Waals surface area contributed by atoms with Crippen molar-refractivity contribution in [3.8, 4) is 0 Å². The molecular weight excluding hydrogens is 282 g/mol. The van der Waals surface area contributed by atoms with Crippen molar-refractivity contribution in [2.24, 2.45) is 0 Å². The highest BCUT2D eigenvalue weighted by molar-refractivity contribution is 7.89. The molecule has 20 heavy (non-hydrogen) atoms. The number of nitrogens with zero attached hydrogens (tertiary/aromatic N) is 2. The van der Waals surface area contributed by atoms with Gasteiger partial charge in [0, 0.05) is 12.1 Å². The minimum absolute atomic E-state index is 0.00493. The first-order valence-corrected chi connectivity index (χ1v) is 7.51. The van der Waals surface area contributed by atoms with Crippen molar-refractivity contribution in [2.45, 2.75) is 32.0 Å². The lowest BCUT2D eigenvalue weighted by Crippen LogP contribution is -2.25. The fourth-order valence-corrected chi connectivity index (χ4v) is 2.79. The molecule has 0 atom stereocenters. The van der Waals surface area contributed by atoms with E-state index in [9.17, 15) is 8.42 Å². The summed E-state index contributed by atoms with van der Waals surface area (Å²) in [7, 11) is -1.95. The van der Waals surface area contributed by atoms with Gasteiger partial charge in [0.25, 0.3) is 10.0 Å². The summed E-state index contributed by atoms with van der Waals surface area (Å²) >= 11 is 0. The molecule has 0 amide bonds. The highest BCUT2D eigenvalue weighted by Crippen LogP contribution is 2.13. The largest absolute Gasteiger partial charge is 0.444 e. The maximum Gasteiger partial charge on any atom is 0.258 e. The molecule has 0 aliphatic carbocycles. The van der Waals surface area contributed by atoms with Crippen molar-refractivity contribution < 1.29 is 12.8 Å². The number of rotatable bonds is 6. The van der Waals surface area contributed by atoms with Crippen molar-refractivity contribution >= 4 is 10.0 Å². The number of H-pyrrole nitrogens is 1. The molecule has 0 unspecified atom stereocenters. The molecule has 0 aliphatic rings. The van der Waals surface area contributed by atoms with Crippen LogP contribution < -0.4 is 10.0 Å². The van der Waals surface area contributed by atoms with Crippen LogP contribution in [0.3, 0.4) is 0 Å². The van der Waals surface area contributed by atoms with E-state index in [4.69, 9.17) is 4.42 Å². The third-order valence-electron chi connectivity index (χ3n) is 2.80. The predicted octanol–water partition coefficient (Wildman–Crippen LogP) is 0.212. The van der Waals surface area contributed by atoms with E-state index in [2.05, 4.69) is 25.2 Å². The van der Waals surface area contributed by atoms with Crippen LogP contribution in [0.4, 0.5) is 0 Å². The van der Waals surface area contributed by atoms with E-state index in [1.54, 1.807) is 20.9 Å². The van der Waals surface area contributed by atoms with Gasteiger partial charge in [0.15, 0.2) is 5.03 Å². The second-order valence-electron chi connectivity index (χ2n) is 4.33. The molecule has 0 spiro atoms. The first-order chi connectivity index (χ1) is 9.44. The normalized spacial score (nSPS) is 11.9. The Kier molecular flexibility index (Phi) is 4.21. The first-order valence-electron chi connectivity index (χ1n) is 6.03. The molecule has 0 aromatic carbocycles. The Morgan fingerprint density at radius 2 is 2.10 bits per heavy atom. The summed E-state index contributed by atoms with van der Waals surface area (Å²) in [5.74, 6) is 1.01. The molecule has 0 bridgehead atoms. The number of aromatic amines is 1. The van der Waals surface area contributed by atoms with Gasteiger partial charge < -0.3 is 9.73 Å². The van der Waals surface area contributed by atoms with E-state index in [0.29, 0.717) is 23.8 Å². The van der Waals surface area contributed by atoms with Crippen molar-refractivity contribution in [1.29, 1.82) is 0 Å². The lowest BCUT2D eigenvalue weighted by molar-refractivity contribution is 0.462. The molecule has 0 saturated heterocycles. The van der Waals surface area contributed by atoms with E-state index in [0.717, 1.165) is 5.69 Å². The number of oxazole rings is 1. The van der Waals surface area contributed by atoms with Gasteiger partial charge in [-0.15, -0.1) is 0 Å². The number of hydrogen-bond donors (Lipinski definition) is 3. The maximum absolute atomic E-state index is 12.2. The second-order valence-corrected chi connectivity index (χ2v) is 6.03. The van der Waals surface area contributed by atoms with E-state index in [1.807, 2.05) is 0 Å². The fourth-order valence-electron chi connectivity index (χ4n) is 1.69. The highest BCUT2D eigenvalue weighted by atomic mass is 32.2. The summed E-state index contributed by atoms with van der Waals surface area (Å²) in [6.45, 7) is 3.98. The molecule has 0 saturated carbocycles. The average molecular weight is 299 g/mol. The molecule has 0 fully saturated rings. The van der Waals surface area contributed by atoms with Gasteiger partial charge in [-0.3, -0.25) is 5.10 Å². The number of sulfonamides is 1. The SMILES string of the molecule is CNCc1cn[nH]c1S(=O)(=O)NCc1nc(C)c(C)o1. The summed E-state index contributed by atoms with van der Waals surface area (Å²) in [5, 5.41) is 9.18. The van der Waals surface area contributed by atoms with Gasteiger partial charge in [-0.25, -0.2) is 18.1 Å². The minimum Gasteiger partial charge on any atom is -0.444 e. The maximum atomic E-state index is 12.2. The monoisotopic (exact) mass is 299 g/mol. The molecular formula is C11H17N5O3S. The van der Waals surface area contributed by atoms with Gasteiger partial charge in [-0.05, 0) is 20.9 Å². The third-order valence-corrected chi connectivity index (χ3v) is 4.22. The molecule has 2 rings (SSSR count). The molecule has 2 aromatic rings. The summed E-state index contributed by atoms with van der Waals surface area (Å²) in [5.41, 5.74) is 1.32. The Hall–Kier alpha value is -1.71. The lowest BCUT2D eigenvalue weighted by Gasteiger charge is -2.05. The molecule has 2 heterocycles. The zero-order chi connectivity index (χ0) is 14.8. The summed E-state index contributed by atoms with van der Waals surface area (Å²) < 4.78 is 32.1. The average Bonchev–Trinajstić information content (AvgIpc) is 2.96. The van der Waals surface area contributed by atoms with Gasteiger partial charge in [0.05, 0.1) is 18.4 Å². The smallest absolute Gasteiger partial charge is 0.258 e.